The first kappa shape index (κ1) is 17.1. The van der Waals surface area contributed by atoms with Crippen LogP contribution in [0.3, 0.4) is 0 Å². The van der Waals surface area contributed by atoms with Gasteiger partial charge in [-0.2, -0.15) is 0 Å². The van der Waals surface area contributed by atoms with Gasteiger partial charge in [-0.1, -0.05) is 13.0 Å². The molecule has 2 rings (SSSR count). The highest BCUT2D eigenvalue weighted by atomic mass is 19.4. The lowest BCUT2D eigenvalue weighted by Crippen LogP contribution is -2.55. The van der Waals surface area contributed by atoms with E-state index < -0.39 is 30.0 Å². The predicted molar refractivity (Wildman–Crippen MR) is 74.0 cm³/mol. The van der Waals surface area contributed by atoms with Gasteiger partial charge in [0, 0.05) is 12.1 Å². The Balaban J connectivity index is 2.24. The number of ether oxygens (including phenoxy) is 2. The minimum absolute atomic E-state index is 0.0371. The van der Waals surface area contributed by atoms with E-state index in [1.807, 2.05) is 0 Å². The molecule has 5 nitrogen and oxygen atoms in total. The fraction of sp³-hybridized carbons (Fsp3) is 0.467. The molecule has 1 saturated heterocycles. The molecule has 1 atom stereocenters. The lowest BCUT2D eigenvalue weighted by Gasteiger charge is -2.38. The van der Waals surface area contributed by atoms with Crippen LogP contribution in [0.15, 0.2) is 18.2 Å². The number of hydrogen-bond donors (Lipinski definition) is 0. The van der Waals surface area contributed by atoms with E-state index in [9.17, 15) is 22.8 Å². The average molecular weight is 331 g/mol. The van der Waals surface area contributed by atoms with Crippen molar-refractivity contribution >= 4 is 11.9 Å². The summed E-state index contributed by atoms with van der Waals surface area (Å²) >= 11 is 0. The molecule has 23 heavy (non-hydrogen) atoms. The third kappa shape index (κ3) is 3.75. The van der Waals surface area contributed by atoms with E-state index >= 15 is 0 Å². The maximum absolute atomic E-state index is 12.5. The van der Waals surface area contributed by atoms with Gasteiger partial charge in [-0.05, 0) is 30.5 Å². The molecule has 0 saturated carbocycles. The van der Waals surface area contributed by atoms with E-state index in [2.05, 4.69) is 9.47 Å². The number of hydrogen-bond acceptors (Lipinski definition) is 4. The summed E-state index contributed by atoms with van der Waals surface area (Å²) in [4.78, 5) is 25.1. The summed E-state index contributed by atoms with van der Waals surface area (Å²) in [6.07, 6.45) is -4.04. The summed E-state index contributed by atoms with van der Waals surface area (Å²) in [6, 6.07) is 3.21. The molecule has 0 spiro atoms. The summed E-state index contributed by atoms with van der Waals surface area (Å²) in [5, 5.41) is 0. The lowest BCUT2D eigenvalue weighted by molar-refractivity contribution is -0.274. The zero-order valence-corrected chi connectivity index (χ0v) is 12.6. The van der Waals surface area contributed by atoms with Crippen LogP contribution >= 0.6 is 0 Å². The van der Waals surface area contributed by atoms with Crippen LogP contribution in [0.4, 0.5) is 13.2 Å². The molecule has 8 heteroatoms. The normalized spacial score (nSPS) is 17.4. The van der Waals surface area contributed by atoms with Crippen LogP contribution < -0.4 is 4.74 Å². The van der Waals surface area contributed by atoms with Crippen LogP contribution in [0.2, 0.25) is 0 Å². The second-order valence-corrected chi connectivity index (χ2v) is 5.05. The Hall–Kier alpha value is -2.25. The minimum Gasteiger partial charge on any atom is -0.467 e. The van der Waals surface area contributed by atoms with Crippen molar-refractivity contribution in [2.24, 2.45) is 0 Å². The number of carbonyl (C=O) groups is 2. The van der Waals surface area contributed by atoms with E-state index in [-0.39, 0.29) is 5.56 Å². The fourth-order valence-corrected chi connectivity index (χ4v) is 2.38. The highest BCUT2D eigenvalue weighted by Gasteiger charge is 2.39. The lowest BCUT2D eigenvalue weighted by atomic mass is 10.00. The topological polar surface area (TPSA) is 55.8 Å². The van der Waals surface area contributed by atoms with Crippen molar-refractivity contribution in [3.8, 4) is 5.75 Å². The van der Waals surface area contributed by atoms with E-state index in [4.69, 9.17) is 0 Å². The van der Waals surface area contributed by atoms with Gasteiger partial charge in [-0.25, -0.2) is 4.79 Å². The molecule has 0 aliphatic carbocycles. The summed E-state index contributed by atoms with van der Waals surface area (Å²) in [7, 11) is 1.22. The molecule has 0 aromatic heterocycles. The molecule has 0 bridgehead atoms. The van der Waals surface area contributed by atoms with E-state index in [0.29, 0.717) is 24.9 Å². The zero-order valence-electron chi connectivity index (χ0n) is 12.6. The molecule has 1 aromatic rings. The van der Waals surface area contributed by atoms with Crippen LogP contribution in [-0.2, 0) is 16.0 Å². The standard InChI is InChI=1S/C15H16F3NO4/c1-3-9-4-5-10(8-12(9)23-15(16,17)18)13(20)19-7-6-11(19)14(21)22-2/h4-5,8,11H,3,6-7H2,1-2H3. The third-order valence-electron chi connectivity index (χ3n) is 3.67. The number of amides is 1. The summed E-state index contributed by atoms with van der Waals surface area (Å²) < 4.78 is 46.0. The van der Waals surface area contributed by atoms with Gasteiger partial charge >= 0.3 is 12.3 Å². The highest BCUT2D eigenvalue weighted by Crippen LogP contribution is 2.29. The monoisotopic (exact) mass is 331 g/mol. The molecule has 1 fully saturated rings. The molecule has 1 aromatic carbocycles. The van der Waals surface area contributed by atoms with E-state index in [0.717, 1.165) is 6.07 Å². The summed E-state index contributed by atoms with van der Waals surface area (Å²) in [6.45, 7) is 2.03. The Morgan fingerprint density at radius 1 is 1.35 bits per heavy atom. The molecule has 1 unspecified atom stereocenters. The van der Waals surface area contributed by atoms with Crippen LogP contribution in [0.25, 0.3) is 0 Å². The fourth-order valence-electron chi connectivity index (χ4n) is 2.38. The molecule has 1 aliphatic heterocycles. The highest BCUT2D eigenvalue weighted by molar-refractivity contribution is 5.98. The number of methoxy groups -OCH3 is 1. The Morgan fingerprint density at radius 3 is 2.52 bits per heavy atom. The van der Waals surface area contributed by atoms with Crippen LogP contribution in [0.1, 0.15) is 29.3 Å². The van der Waals surface area contributed by atoms with Crippen LogP contribution in [-0.4, -0.2) is 42.8 Å². The number of alkyl halides is 3. The van der Waals surface area contributed by atoms with Gasteiger partial charge in [-0.15, -0.1) is 13.2 Å². The number of likely N-dealkylation sites (tertiary alicyclic amines) is 1. The number of rotatable bonds is 4. The predicted octanol–water partition coefficient (Wildman–Crippen LogP) is 2.54. The van der Waals surface area contributed by atoms with Gasteiger partial charge in [0.05, 0.1) is 7.11 Å². The number of nitrogens with zero attached hydrogens (tertiary/aromatic N) is 1. The van der Waals surface area contributed by atoms with Crippen LogP contribution in [0.5, 0.6) is 5.75 Å². The maximum Gasteiger partial charge on any atom is 0.573 e. The summed E-state index contributed by atoms with van der Waals surface area (Å²) in [5.41, 5.74) is 0.377. The molecular formula is C15H16F3NO4. The number of esters is 1. The molecule has 0 radical (unpaired) electrons. The number of aryl methyl sites for hydroxylation is 1. The number of benzene rings is 1. The molecule has 126 valence electrons. The Labute approximate surface area is 131 Å². The molecule has 1 amide bonds. The quantitative estimate of drug-likeness (QED) is 0.796. The van der Waals surface area contributed by atoms with Crippen molar-refractivity contribution in [2.45, 2.75) is 32.2 Å². The van der Waals surface area contributed by atoms with Crippen molar-refractivity contribution in [1.29, 1.82) is 0 Å². The van der Waals surface area contributed by atoms with Gasteiger partial charge in [0.15, 0.2) is 0 Å². The van der Waals surface area contributed by atoms with Crippen molar-refractivity contribution in [3.63, 3.8) is 0 Å². The maximum atomic E-state index is 12.5. The van der Waals surface area contributed by atoms with Gasteiger partial charge in [0.25, 0.3) is 5.91 Å². The van der Waals surface area contributed by atoms with Gasteiger partial charge in [0.1, 0.15) is 11.8 Å². The van der Waals surface area contributed by atoms with Crippen molar-refractivity contribution in [2.75, 3.05) is 13.7 Å². The van der Waals surface area contributed by atoms with Crippen molar-refractivity contribution in [3.05, 3.63) is 29.3 Å². The third-order valence-corrected chi connectivity index (χ3v) is 3.67. The smallest absolute Gasteiger partial charge is 0.467 e. The van der Waals surface area contributed by atoms with Gasteiger partial charge in [0.2, 0.25) is 0 Å². The number of halogens is 3. The van der Waals surface area contributed by atoms with E-state index in [1.54, 1.807) is 6.92 Å². The van der Waals surface area contributed by atoms with E-state index in [1.165, 1.54) is 24.1 Å². The Morgan fingerprint density at radius 2 is 2.04 bits per heavy atom. The minimum atomic E-state index is -4.84. The first-order valence-corrected chi connectivity index (χ1v) is 7.04. The SMILES string of the molecule is CCc1ccc(C(=O)N2CCC2C(=O)OC)cc1OC(F)(F)F. The molecular weight excluding hydrogens is 315 g/mol. The zero-order chi connectivity index (χ0) is 17.2. The molecule has 1 heterocycles. The Kier molecular flexibility index (Phi) is 4.82. The van der Waals surface area contributed by atoms with Gasteiger partial charge < -0.3 is 14.4 Å². The number of carbonyl (C=O) groups excluding carboxylic acids is 2. The molecule has 0 N–H and O–H groups in total. The van der Waals surface area contributed by atoms with Crippen molar-refractivity contribution in [1.82, 2.24) is 4.90 Å². The summed E-state index contributed by atoms with van der Waals surface area (Å²) in [5.74, 6) is -1.47. The van der Waals surface area contributed by atoms with Gasteiger partial charge in [-0.3, -0.25) is 4.79 Å². The average Bonchev–Trinajstić information content (AvgIpc) is 2.44. The molecule has 1 aliphatic rings. The second kappa shape index (κ2) is 6.47. The first-order valence-electron chi connectivity index (χ1n) is 7.04. The largest absolute Gasteiger partial charge is 0.573 e. The van der Waals surface area contributed by atoms with Crippen LogP contribution in [0, 0.1) is 0 Å². The first-order chi connectivity index (χ1) is 10.8. The van der Waals surface area contributed by atoms with Crippen molar-refractivity contribution < 1.29 is 32.2 Å². The second-order valence-electron chi connectivity index (χ2n) is 5.05. The Bertz CT molecular complexity index is 615.